The molecule has 0 aliphatic rings. The number of nitrogens with zero attached hydrogens (tertiary/aromatic N) is 1. The molecule has 1 unspecified atom stereocenters. The van der Waals surface area contributed by atoms with Gasteiger partial charge in [0.1, 0.15) is 5.82 Å². The quantitative estimate of drug-likeness (QED) is 0.696. The fraction of sp³-hybridized carbons (Fsp3) is 0.118. The summed E-state index contributed by atoms with van der Waals surface area (Å²) in [5, 5.41) is 5.51. The number of pyridine rings is 1. The molecule has 3 aromatic rings. The smallest absolute Gasteiger partial charge is 0.129 e. The molecule has 0 aliphatic carbocycles. The maximum Gasteiger partial charge on any atom is 0.129 e. The number of aromatic nitrogens is 1. The second-order valence-electron chi connectivity index (χ2n) is 4.93. The molecule has 0 fully saturated rings. The summed E-state index contributed by atoms with van der Waals surface area (Å²) >= 11 is 3.28. The van der Waals surface area contributed by atoms with Crippen molar-refractivity contribution in [2.45, 2.75) is 13.0 Å². The summed E-state index contributed by atoms with van der Waals surface area (Å²) in [5.41, 5.74) is 1.59. The van der Waals surface area contributed by atoms with Crippen LogP contribution in [0.3, 0.4) is 0 Å². The van der Waals surface area contributed by atoms with Gasteiger partial charge in [0.25, 0.3) is 0 Å². The number of hydrogen-bond acceptors (Lipinski definition) is 2. The summed E-state index contributed by atoms with van der Waals surface area (Å²) in [7, 11) is 0. The highest BCUT2D eigenvalue weighted by atomic mass is 79.9. The first-order chi connectivity index (χ1) is 10.1. The third kappa shape index (κ3) is 2.90. The van der Waals surface area contributed by atoms with Gasteiger partial charge in [-0.1, -0.05) is 34.1 Å². The van der Waals surface area contributed by atoms with Crippen molar-refractivity contribution < 1.29 is 4.39 Å². The lowest BCUT2D eigenvalue weighted by molar-refractivity contribution is 0.599. The van der Waals surface area contributed by atoms with Crippen molar-refractivity contribution in [2.75, 3.05) is 5.32 Å². The number of rotatable bonds is 3. The normalized spacial score (nSPS) is 12.3. The SMILES string of the molecule is CC(Nc1cccc2ccncc12)c1ccc(Br)cc1F. The Morgan fingerprint density at radius 2 is 2.05 bits per heavy atom. The number of halogens is 2. The zero-order valence-corrected chi connectivity index (χ0v) is 13.1. The molecule has 0 saturated carbocycles. The van der Waals surface area contributed by atoms with E-state index in [2.05, 4.69) is 26.2 Å². The van der Waals surface area contributed by atoms with Gasteiger partial charge in [-0.25, -0.2) is 4.39 Å². The highest BCUT2D eigenvalue weighted by molar-refractivity contribution is 9.10. The van der Waals surface area contributed by atoms with Crippen molar-refractivity contribution in [3.63, 3.8) is 0 Å². The van der Waals surface area contributed by atoms with Crippen molar-refractivity contribution in [3.05, 3.63) is 70.7 Å². The minimum Gasteiger partial charge on any atom is -0.378 e. The third-order valence-corrected chi connectivity index (χ3v) is 3.98. The van der Waals surface area contributed by atoms with Gasteiger partial charge in [0, 0.05) is 33.5 Å². The molecule has 1 N–H and O–H groups in total. The molecule has 1 heterocycles. The van der Waals surface area contributed by atoms with Crippen molar-refractivity contribution in [3.8, 4) is 0 Å². The average molecular weight is 345 g/mol. The monoisotopic (exact) mass is 344 g/mol. The summed E-state index contributed by atoms with van der Waals surface area (Å²) in [6.45, 7) is 1.95. The first-order valence-electron chi connectivity index (χ1n) is 6.69. The Morgan fingerprint density at radius 1 is 1.19 bits per heavy atom. The van der Waals surface area contributed by atoms with Crippen LogP contribution < -0.4 is 5.32 Å². The van der Waals surface area contributed by atoms with Crippen LogP contribution in [0.2, 0.25) is 0 Å². The van der Waals surface area contributed by atoms with Gasteiger partial charge in [0.15, 0.2) is 0 Å². The lowest BCUT2D eigenvalue weighted by Gasteiger charge is -2.18. The van der Waals surface area contributed by atoms with E-state index in [9.17, 15) is 4.39 Å². The molecule has 3 rings (SSSR count). The van der Waals surface area contributed by atoms with Gasteiger partial charge in [-0.2, -0.15) is 0 Å². The zero-order chi connectivity index (χ0) is 14.8. The summed E-state index contributed by atoms with van der Waals surface area (Å²) in [6.07, 6.45) is 3.59. The molecule has 0 radical (unpaired) electrons. The van der Waals surface area contributed by atoms with Crippen LogP contribution in [0.1, 0.15) is 18.5 Å². The molecule has 0 amide bonds. The Bertz CT molecular complexity index is 783. The van der Waals surface area contributed by atoms with Gasteiger partial charge >= 0.3 is 0 Å². The minimum atomic E-state index is -0.220. The van der Waals surface area contributed by atoms with E-state index in [1.165, 1.54) is 6.07 Å². The Labute approximate surface area is 131 Å². The van der Waals surface area contributed by atoms with Crippen LogP contribution in [0.4, 0.5) is 10.1 Å². The maximum atomic E-state index is 14.0. The van der Waals surface area contributed by atoms with E-state index in [1.54, 1.807) is 12.3 Å². The van der Waals surface area contributed by atoms with Crippen LogP contribution >= 0.6 is 15.9 Å². The minimum absolute atomic E-state index is 0.135. The van der Waals surface area contributed by atoms with E-state index < -0.39 is 0 Å². The van der Waals surface area contributed by atoms with Crippen LogP contribution in [0.25, 0.3) is 10.8 Å². The molecule has 1 aromatic heterocycles. The van der Waals surface area contributed by atoms with Crippen molar-refractivity contribution in [2.24, 2.45) is 0 Å². The number of benzene rings is 2. The standard InChI is InChI=1S/C17H14BrFN2/c1-11(14-6-5-13(18)9-16(14)19)21-17-4-2-3-12-7-8-20-10-15(12)17/h2-11,21H,1H3. The Kier molecular flexibility index (Phi) is 3.88. The third-order valence-electron chi connectivity index (χ3n) is 3.48. The van der Waals surface area contributed by atoms with E-state index >= 15 is 0 Å². The molecule has 1 atom stereocenters. The van der Waals surface area contributed by atoms with E-state index in [0.717, 1.165) is 20.9 Å². The van der Waals surface area contributed by atoms with Crippen molar-refractivity contribution in [1.29, 1.82) is 0 Å². The van der Waals surface area contributed by atoms with Crippen molar-refractivity contribution in [1.82, 2.24) is 4.98 Å². The fourth-order valence-electron chi connectivity index (χ4n) is 2.40. The number of nitrogens with one attached hydrogen (secondary N) is 1. The fourth-order valence-corrected chi connectivity index (χ4v) is 2.74. The number of fused-ring (bicyclic) bond motifs is 1. The first kappa shape index (κ1) is 14.0. The highest BCUT2D eigenvalue weighted by Crippen LogP contribution is 2.28. The Balaban J connectivity index is 1.94. The zero-order valence-electron chi connectivity index (χ0n) is 11.5. The van der Waals surface area contributed by atoms with Crippen LogP contribution in [0.5, 0.6) is 0 Å². The molecule has 2 nitrogen and oxygen atoms in total. The predicted molar refractivity (Wildman–Crippen MR) is 87.9 cm³/mol. The van der Waals surface area contributed by atoms with Crippen molar-refractivity contribution >= 4 is 32.4 Å². The molecule has 0 spiro atoms. The van der Waals surface area contributed by atoms with Gasteiger partial charge in [-0.05, 0) is 36.6 Å². The molecule has 0 saturated heterocycles. The topological polar surface area (TPSA) is 24.9 Å². The lowest BCUT2D eigenvalue weighted by atomic mass is 10.1. The maximum absolute atomic E-state index is 14.0. The second-order valence-corrected chi connectivity index (χ2v) is 5.85. The van der Waals surface area contributed by atoms with Crippen LogP contribution in [0.15, 0.2) is 59.3 Å². The molecular weight excluding hydrogens is 331 g/mol. The average Bonchev–Trinajstić information content (AvgIpc) is 2.47. The summed E-state index contributed by atoms with van der Waals surface area (Å²) < 4.78 is 14.8. The molecule has 21 heavy (non-hydrogen) atoms. The van der Waals surface area contributed by atoms with Gasteiger partial charge in [-0.3, -0.25) is 4.98 Å². The molecular formula is C17H14BrFN2. The predicted octanol–water partition coefficient (Wildman–Crippen LogP) is 5.31. The van der Waals surface area contributed by atoms with Gasteiger partial charge < -0.3 is 5.32 Å². The first-order valence-corrected chi connectivity index (χ1v) is 7.48. The van der Waals surface area contributed by atoms with E-state index in [1.807, 2.05) is 43.5 Å². The lowest BCUT2D eigenvalue weighted by Crippen LogP contribution is -2.09. The molecule has 106 valence electrons. The van der Waals surface area contributed by atoms with Gasteiger partial charge in [0.05, 0.1) is 6.04 Å². The summed E-state index contributed by atoms with van der Waals surface area (Å²) in [5.74, 6) is -0.220. The molecule has 0 aliphatic heterocycles. The van der Waals surface area contributed by atoms with Crippen LogP contribution in [-0.2, 0) is 0 Å². The van der Waals surface area contributed by atoms with E-state index in [0.29, 0.717) is 5.56 Å². The van der Waals surface area contributed by atoms with E-state index in [4.69, 9.17) is 0 Å². The Morgan fingerprint density at radius 3 is 2.86 bits per heavy atom. The molecule has 4 heteroatoms. The van der Waals surface area contributed by atoms with E-state index in [-0.39, 0.29) is 11.9 Å². The number of anilines is 1. The van der Waals surface area contributed by atoms with Crippen LogP contribution in [0, 0.1) is 5.82 Å². The van der Waals surface area contributed by atoms with Crippen LogP contribution in [-0.4, -0.2) is 4.98 Å². The molecule has 2 aromatic carbocycles. The second kappa shape index (κ2) is 5.82. The highest BCUT2D eigenvalue weighted by Gasteiger charge is 2.12. The summed E-state index contributed by atoms with van der Waals surface area (Å²) in [4.78, 5) is 4.16. The number of hydrogen-bond donors (Lipinski definition) is 1. The Hall–Kier alpha value is -1.94. The molecule has 0 bridgehead atoms. The van der Waals surface area contributed by atoms with Gasteiger partial charge in [-0.15, -0.1) is 0 Å². The largest absolute Gasteiger partial charge is 0.378 e. The van der Waals surface area contributed by atoms with Gasteiger partial charge in [0.2, 0.25) is 0 Å². The summed E-state index contributed by atoms with van der Waals surface area (Å²) in [6, 6.07) is 13.0.